The van der Waals surface area contributed by atoms with E-state index in [4.69, 9.17) is 9.05 Å². The zero-order chi connectivity index (χ0) is 32.8. The van der Waals surface area contributed by atoms with Gasteiger partial charge in [0.2, 0.25) is 0 Å². The van der Waals surface area contributed by atoms with Crippen molar-refractivity contribution in [2.45, 2.75) is 110 Å². The molecule has 4 nitrogen and oxygen atoms in total. The summed E-state index contributed by atoms with van der Waals surface area (Å²) in [6, 6.07) is 21.9. The van der Waals surface area contributed by atoms with Crippen molar-refractivity contribution in [3.8, 4) is 33.8 Å². The van der Waals surface area contributed by atoms with Crippen LogP contribution in [0.2, 0.25) is 0 Å². The first-order chi connectivity index (χ1) is 21.7. The Morgan fingerprint density at radius 1 is 0.652 bits per heavy atom. The minimum atomic E-state index is -4.60. The average molecular weight is 635 g/mol. The molecule has 5 heteroatoms. The first-order valence-electron chi connectivity index (χ1n) is 17.0. The second-order valence-electron chi connectivity index (χ2n) is 15.7. The van der Waals surface area contributed by atoms with Crippen molar-refractivity contribution in [1.82, 2.24) is 0 Å². The summed E-state index contributed by atoms with van der Waals surface area (Å²) in [6.45, 7) is 17.7. The summed E-state index contributed by atoms with van der Waals surface area (Å²) < 4.78 is 26.9. The molecule has 0 aromatic heterocycles. The molecular formula is C41H47O4P. The Kier molecular flexibility index (Phi) is 7.20. The highest BCUT2D eigenvalue weighted by Gasteiger charge is 2.53. The van der Waals surface area contributed by atoms with Crippen molar-refractivity contribution in [2.24, 2.45) is 0 Å². The molecule has 46 heavy (non-hydrogen) atoms. The summed E-state index contributed by atoms with van der Waals surface area (Å²) in [5.41, 5.74) is 12.7. The molecular weight excluding hydrogens is 587 g/mol. The first kappa shape index (κ1) is 31.3. The van der Waals surface area contributed by atoms with Gasteiger partial charge in [-0.05, 0) is 93.9 Å². The van der Waals surface area contributed by atoms with Gasteiger partial charge in [-0.3, -0.25) is 4.89 Å². The summed E-state index contributed by atoms with van der Waals surface area (Å²) in [5.74, 6) is 1.03. The van der Waals surface area contributed by atoms with E-state index < -0.39 is 7.82 Å². The quantitative estimate of drug-likeness (QED) is 0.227. The molecule has 3 aliphatic rings. The van der Waals surface area contributed by atoms with E-state index in [-0.39, 0.29) is 16.2 Å². The largest absolute Gasteiger partial charge is 0.584 e. The molecule has 1 N–H and O–H groups in total. The summed E-state index contributed by atoms with van der Waals surface area (Å²) in [7, 11) is -4.60. The molecule has 240 valence electrons. The maximum atomic E-state index is 14.2. The number of rotatable bonds is 4. The van der Waals surface area contributed by atoms with E-state index in [1.54, 1.807) is 0 Å². The molecule has 0 saturated heterocycles. The predicted molar refractivity (Wildman–Crippen MR) is 188 cm³/mol. The van der Waals surface area contributed by atoms with Crippen molar-refractivity contribution < 1.29 is 18.5 Å². The van der Waals surface area contributed by atoms with Gasteiger partial charge >= 0.3 is 7.82 Å². The fraction of sp³-hybridized carbons (Fsp3) is 0.415. The Morgan fingerprint density at radius 3 is 1.41 bits per heavy atom. The Labute approximate surface area is 274 Å². The Bertz CT molecular complexity index is 1800. The molecule has 0 unspecified atom stereocenters. The van der Waals surface area contributed by atoms with Crippen LogP contribution in [0, 0.1) is 0 Å². The molecule has 0 fully saturated rings. The Hall–Kier alpha value is -3.33. The lowest BCUT2D eigenvalue weighted by molar-refractivity contribution is 0.281. The normalized spacial score (nSPS) is 17.4. The Balaban J connectivity index is 1.52. The first-order valence-corrected chi connectivity index (χ1v) is 18.5. The van der Waals surface area contributed by atoms with E-state index in [0.29, 0.717) is 11.5 Å². The minimum Gasteiger partial charge on any atom is -0.394 e. The molecule has 0 radical (unpaired) electrons. The smallest absolute Gasteiger partial charge is 0.394 e. The van der Waals surface area contributed by atoms with Gasteiger partial charge < -0.3 is 9.05 Å². The molecule has 0 amide bonds. The predicted octanol–water partition coefficient (Wildman–Crippen LogP) is 10.8. The van der Waals surface area contributed by atoms with Crippen LogP contribution in [0.3, 0.4) is 0 Å². The fourth-order valence-electron chi connectivity index (χ4n) is 8.36. The third-order valence-electron chi connectivity index (χ3n) is 10.7. The molecule has 0 bridgehead atoms. The van der Waals surface area contributed by atoms with E-state index in [1.807, 2.05) is 0 Å². The van der Waals surface area contributed by atoms with Crippen LogP contribution in [0.25, 0.3) is 22.3 Å². The van der Waals surface area contributed by atoms with E-state index in [1.165, 1.54) is 33.4 Å². The van der Waals surface area contributed by atoms with Crippen molar-refractivity contribution in [2.75, 3.05) is 0 Å². The standard InChI is InChI=1S/C41H47O4P/c1-9-25-11-15-29(33(23-25)39(3,4)5)31-17-13-27-19-21-41-22-20-28-14-18-32(30-16-12-26(10-2)24-34(30)40(6,7)8)38(36(28)41)45-46(42,43)44-37(31)35(27)41/h11-18,23-24H,9-10,19-22H2,1-8H3,(H,42,43). The summed E-state index contributed by atoms with van der Waals surface area (Å²) >= 11 is 0. The minimum absolute atomic E-state index is 0.134. The molecule has 1 spiro atoms. The number of phosphoric ester groups is 1. The Morgan fingerprint density at radius 2 is 1.04 bits per heavy atom. The van der Waals surface area contributed by atoms with E-state index in [9.17, 15) is 9.46 Å². The maximum absolute atomic E-state index is 14.2. The lowest BCUT2D eigenvalue weighted by Gasteiger charge is -2.35. The molecule has 1 aliphatic heterocycles. The molecule has 1 heterocycles. The summed E-state index contributed by atoms with van der Waals surface area (Å²) in [5, 5.41) is 0. The number of phosphoric acid groups is 1. The van der Waals surface area contributed by atoms with Crippen LogP contribution in [0.4, 0.5) is 0 Å². The van der Waals surface area contributed by atoms with Gasteiger partial charge in [0.15, 0.2) is 0 Å². The van der Waals surface area contributed by atoms with Crippen molar-refractivity contribution in [1.29, 1.82) is 0 Å². The molecule has 0 atom stereocenters. The van der Waals surface area contributed by atoms with Gasteiger partial charge in [0.1, 0.15) is 11.5 Å². The van der Waals surface area contributed by atoms with Gasteiger partial charge in [0.05, 0.1) is 0 Å². The lowest BCUT2D eigenvalue weighted by atomic mass is 9.73. The molecule has 4 aromatic rings. The topological polar surface area (TPSA) is 55.8 Å². The highest BCUT2D eigenvalue weighted by molar-refractivity contribution is 7.48. The fourth-order valence-corrected chi connectivity index (χ4v) is 9.23. The summed E-state index contributed by atoms with van der Waals surface area (Å²) in [6.07, 6.45) is 5.52. The molecule has 7 rings (SSSR count). The molecule has 0 saturated carbocycles. The van der Waals surface area contributed by atoms with Gasteiger partial charge in [0, 0.05) is 27.7 Å². The monoisotopic (exact) mass is 634 g/mol. The van der Waals surface area contributed by atoms with E-state index >= 15 is 0 Å². The van der Waals surface area contributed by atoms with Crippen LogP contribution in [-0.4, -0.2) is 4.89 Å². The van der Waals surface area contributed by atoms with Gasteiger partial charge in [-0.25, -0.2) is 4.57 Å². The van der Waals surface area contributed by atoms with Crippen LogP contribution in [-0.2, 0) is 46.5 Å². The number of benzene rings is 4. The third-order valence-corrected chi connectivity index (χ3v) is 11.5. The zero-order valence-electron chi connectivity index (χ0n) is 28.6. The van der Waals surface area contributed by atoms with Gasteiger partial charge in [0.25, 0.3) is 0 Å². The second-order valence-corrected chi connectivity index (χ2v) is 17.0. The van der Waals surface area contributed by atoms with E-state index in [2.05, 4.69) is 116 Å². The zero-order valence-corrected chi connectivity index (χ0v) is 29.5. The van der Waals surface area contributed by atoms with Crippen molar-refractivity contribution in [3.63, 3.8) is 0 Å². The average Bonchev–Trinajstić information content (AvgIpc) is 3.56. The maximum Gasteiger partial charge on any atom is 0.584 e. The second kappa shape index (κ2) is 10.6. The number of hydrogen-bond acceptors (Lipinski definition) is 3. The van der Waals surface area contributed by atoms with Crippen LogP contribution >= 0.6 is 7.82 Å². The summed E-state index contributed by atoms with van der Waals surface area (Å²) in [4.78, 5) is 11.6. The van der Waals surface area contributed by atoms with Crippen LogP contribution < -0.4 is 9.05 Å². The van der Waals surface area contributed by atoms with Gasteiger partial charge in [-0.2, -0.15) is 0 Å². The van der Waals surface area contributed by atoms with Crippen LogP contribution in [0.1, 0.15) is 113 Å². The highest BCUT2D eigenvalue weighted by atomic mass is 31.2. The lowest BCUT2D eigenvalue weighted by Crippen LogP contribution is -2.25. The van der Waals surface area contributed by atoms with Gasteiger partial charge in [-0.15, -0.1) is 0 Å². The van der Waals surface area contributed by atoms with E-state index in [0.717, 1.165) is 71.9 Å². The number of aryl methyl sites for hydroxylation is 4. The molecule has 4 aromatic carbocycles. The van der Waals surface area contributed by atoms with Crippen LogP contribution in [0.15, 0.2) is 60.7 Å². The van der Waals surface area contributed by atoms with Gasteiger partial charge in [-0.1, -0.05) is 116 Å². The van der Waals surface area contributed by atoms with Crippen molar-refractivity contribution in [3.05, 3.63) is 105 Å². The third kappa shape index (κ3) is 4.87. The highest BCUT2D eigenvalue weighted by Crippen LogP contribution is 2.65. The molecule has 2 aliphatic carbocycles. The van der Waals surface area contributed by atoms with Crippen LogP contribution in [0.5, 0.6) is 11.5 Å². The van der Waals surface area contributed by atoms with Crippen molar-refractivity contribution >= 4 is 7.82 Å². The SMILES string of the molecule is CCc1ccc(-c2ccc3c4c2OP(=O)(O)Oc2c(-c5ccc(CC)cc5C(C)(C)C)ccc5c2C4(CC3)CC5)c(C(C)(C)C)c1. The number of hydrogen-bond donors (Lipinski definition) is 1.